The summed E-state index contributed by atoms with van der Waals surface area (Å²) in [5.41, 5.74) is 3.36. The number of hydrogen-bond donors (Lipinski definition) is 1. The number of nitrogens with zero attached hydrogens (tertiary/aromatic N) is 1. The van der Waals surface area contributed by atoms with Crippen LogP contribution < -0.4 is 10.1 Å². The van der Waals surface area contributed by atoms with E-state index >= 15 is 0 Å². The number of fused-ring (bicyclic) bond motifs is 1. The van der Waals surface area contributed by atoms with Crippen LogP contribution in [0.15, 0.2) is 72.8 Å². The number of pyridine rings is 1. The van der Waals surface area contributed by atoms with Crippen LogP contribution in [0.1, 0.15) is 37.5 Å². The first kappa shape index (κ1) is 28.0. The SMILES string of the molecule is COC(=O)[C@H](Cc1ccc(C)cc1)NC(=O)c1cc(C(=O)OCc2ccc(OC)cc2)c2cc(I)ccc2n1. The molecule has 0 aliphatic carbocycles. The largest absolute Gasteiger partial charge is 0.497 e. The highest BCUT2D eigenvalue weighted by atomic mass is 127. The predicted molar refractivity (Wildman–Crippen MR) is 155 cm³/mol. The number of esters is 2. The maximum atomic E-state index is 13.3. The number of halogens is 1. The van der Waals surface area contributed by atoms with Gasteiger partial charge in [-0.05, 0) is 77.0 Å². The second-order valence-electron chi connectivity index (χ2n) is 8.88. The van der Waals surface area contributed by atoms with Crippen LogP contribution in [-0.2, 0) is 27.3 Å². The van der Waals surface area contributed by atoms with Crippen LogP contribution in [0.25, 0.3) is 10.9 Å². The number of amides is 1. The molecule has 0 unspecified atom stereocenters. The van der Waals surface area contributed by atoms with E-state index in [4.69, 9.17) is 14.2 Å². The minimum Gasteiger partial charge on any atom is -0.497 e. The van der Waals surface area contributed by atoms with Crippen molar-refractivity contribution in [2.24, 2.45) is 0 Å². The molecule has 1 aromatic heterocycles. The third-order valence-electron chi connectivity index (χ3n) is 6.10. The highest BCUT2D eigenvalue weighted by Gasteiger charge is 2.25. The molecule has 0 saturated heterocycles. The molecule has 3 aromatic carbocycles. The number of ether oxygens (including phenoxy) is 3. The van der Waals surface area contributed by atoms with E-state index in [2.05, 4.69) is 32.9 Å². The summed E-state index contributed by atoms with van der Waals surface area (Å²) in [4.78, 5) is 43.5. The third-order valence-corrected chi connectivity index (χ3v) is 6.77. The van der Waals surface area contributed by atoms with Crippen molar-refractivity contribution >= 4 is 51.3 Å². The molecule has 0 bridgehead atoms. The fourth-order valence-electron chi connectivity index (χ4n) is 3.96. The Hall–Kier alpha value is -3.99. The van der Waals surface area contributed by atoms with Gasteiger partial charge < -0.3 is 19.5 Å². The van der Waals surface area contributed by atoms with Crippen LogP contribution in [0.5, 0.6) is 5.75 Å². The zero-order valence-corrected chi connectivity index (χ0v) is 23.9. The van der Waals surface area contributed by atoms with Crippen LogP contribution in [-0.4, -0.2) is 43.1 Å². The van der Waals surface area contributed by atoms with Gasteiger partial charge in [-0.3, -0.25) is 4.79 Å². The van der Waals surface area contributed by atoms with E-state index in [1.807, 2.05) is 43.3 Å². The first-order valence-electron chi connectivity index (χ1n) is 12.1. The van der Waals surface area contributed by atoms with Crippen molar-refractivity contribution in [3.63, 3.8) is 0 Å². The van der Waals surface area contributed by atoms with Crippen molar-refractivity contribution in [2.75, 3.05) is 14.2 Å². The highest BCUT2D eigenvalue weighted by molar-refractivity contribution is 14.1. The molecule has 0 spiro atoms. The van der Waals surface area contributed by atoms with Gasteiger partial charge in [0, 0.05) is 15.4 Å². The Balaban J connectivity index is 1.60. The van der Waals surface area contributed by atoms with Crippen molar-refractivity contribution in [3.8, 4) is 5.75 Å². The fraction of sp³-hybridized carbons (Fsp3) is 0.200. The number of methoxy groups -OCH3 is 2. The van der Waals surface area contributed by atoms with E-state index in [-0.39, 0.29) is 24.3 Å². The number of carbonyl (C=O) groups excluding carboxylic acids is 3. The molecule has 0 fully saturated rings. The second kappa shape index (κ2) is 12.7. The monoisotopic (exact) mass is 638 g/mol. The van der Waals surface area contributed by atoms with Crippen LogP contribution in [0.3, 0.4) is 0 Å². The lowest BCUT2D eigenvalue weighted by molar-refractivity contribution is -0.142. The summed E-state index contributed by atoms with van der Waals surface area (Å²) in [6, 6.07) is 20.7. The van der Waals surface area contributed by atoms with Gasteiger partial charge in [0.05, 0.1) is 25.3 Å². The Morgan fingerprint density at radius 2 is 1.62 bits per heavy atom. The number of aryl methyl sites for hydroxylation is 1. The van der Waals surface area contributed by atoms with Gasteiger partial charge >= 0.3 is 11.9 Å². The van der Waals surface area contributed by atoms with E-state index in [9.17, 15) is 14.4 Å². The Morgan fingerprint density at radius 3 is 2.28 bits per heavy atom. The number of nitrogens with one attached hydrogen (secondary N) is 1. The van der Waals surface area contributed by atoms with Crippen LogP contribution in [0.2, 0.25) is 0 Å². The summed E-state index contributed by atoms with van der Waals surface area (Å²) >= 11 is 2.14. The predicted octanol–water partition coefficient (Wildman–Crippen LogP) is 5.03. The molecule has 0 aliphatic rings. The molecule has 200 valence electrons. The van der Waals surface area contributed by atoms with E-state index in [0.717, 1.165) is 20.3 Å². The minimum atomic E-state index is -0.940. The van der Waals surface area contributed by atoms with Crippen LogP contribution >= 0.6 is 22.6 Å². The Labute approximate surface area is 239 Å². The number of carbonyl (C=O) groups is 3. The molecule has 1 atom stereocenters. The Morgan fingerprint density at radius 1 is 0.923 bits per heavy atom. The lowest BCUT2D eigenvalue weighted by atomic mass is 10.0. The van der Waals surface area contributed by atoms with Gasteiger partial charge in [-0.25, -0.2) is 14.6 Å². The number of aromatic nitrogens is 1. The van der Waals surface area contributed by atoms with Crippen LogP contribution in [0, 0.1) is 10.5 Å². The van der Waals surface area contributed by atoms with Gasteiger partial charge in [-0.15, -0.1) is 0 Å². The van der Waals surface area contributed by atoms with Crippen molar-refractivity contribution < 1.29 is 28.6 Å². The van der Waals surface area contributed by atoms with Gasteiger partial charge in [-0.2, -0.15) is 0 Å². The molecule has 1 heterocycles. The van der Waals surface area contributed by atoms with Gasteiger partial charge in [0.2, 0.25) is 0 Å². The fourth-order valence-corrected chi connectivity index (χ4v) is 4.45. The second-order valence-corrected chi connectivity index (χ2v) is 10.1. The third kappa shape index (κ3) is 7.11. The summed E-state index contributed by atoms with van der Waals surface area (Å²) in [6.07, 6.45) is 0.237. The minimum absolute atomic E-state index is 0.0158. The molecular formula is C30H27IN2O6. The number of hydrogen-bond acceptors (Lipinski definition) is 7. The zero-order valence-electron chi connectivity index (χ0n) is 21.7. The van der Waals surface area contributed by atoms with Crippen molar-refractivity contribution in [2.45, 2.75) is 26.0 Å². The Kier molecular flexibility index (Phi) is 9.13. The molecule has 4 aromatic rings. The lowest BCUT2D eigenvalue weighted by Gasteiger charge is -2.17. The zero-order chi connectivity index (χ0) is 27.9. The van der Waals surface area contributed by atoms with Gasteiger partial charge in [0.25, 0.3) is 5.91 Å². The molecule has 8 nitrogen and oxygen atoms in total. The summed E-state index contributed by atoms with van der Waals surface area (Å²) in [7, 11) is 2.85. The Bertz CT molecular complexity index is 1500. The molecule has 0 saturated carbocycles. The average molecular weight is 638 g/mol. The van der Waals surface area contributed by atoms with Gasteiger partial charge in [0.1, 0.15) is 24.1 Å². The summed E-state index contributed by atoms with van der Waals surface area (Å²) in [5.74, 6) is -1.10. The van der Waals surface area contributed by atoms with E-state index in [0.29, 0.717) is 16.7 Å². The lowest BCUT2D eigenvalue weighted by Crippen LogP contribution is -2.43. The van der Waals surface area contributed by atoms with Gasteiger partial charge in [-0.1, -0.05) is 42.0 Å². The van der Waals surface area contributed by atoms with E-state index in [1.54, 1.807) is 37.4 Å². The average Bonchev–Trinajstić information content (AvgIpc) is 2.95. The molecule has 1 N–H and O–H groups in total. The molecule has 0 radical (unpaired) electrons. The van der Waals surface area contributed by atoms with Crippen molar-refractivity contribution in [1.82, 2.24) is 10.3 Å². The summed E-state index contributed by atoms with van der Waals surface area (Å²) in [6.45, 7) is 2.01. The molecule has 1 amide bonds. The topological polar surface area (TPSA) is 104 Å². The normalized spacial score (nSPS) is 11.5. The van der Waals surface area contributed by atoms with E-state index in [1.165, 1.54) is 13.2 Å². The summed E-state index contributed by atoms with van der Waals surface area (Å²) in [5, 5.41) is 3.27. The highest BCUT2D eigenvalue weighted by Crippen LogP contribution is 2.23. The quantitative estimate of drug-likeness (QED) is 0.203. The number of benzene rings is 3. The van der Waals surface area contributed by atoms with Crippen LogP contribution in [0.4, 0.5) is 0 Å². The van der Waals surface area contributed by atoms with Crippen molar-refractivity contribution in [3.05, 3.63) is 104 Å². The van der Waals surface area contributed by atoms with E-state index < -0.39 is 23.9 Å². The van der Waals surface area contributed by atoms with Gasteiger partial charge in [0.15, 0.2) is 0 Å². The maximum absolute atomic E-state index is 13.3. The first-order chi connectivity index (χ1) is 18.8. The van der Waals surface area contributed by atoms with Crippen molar-refractivity contribution in [1.29, 1.82) is 0 Å². The number of rotatable bonds is 9. The summed E-state index contributed by atoms with van der Waals surface area (Å²) < 4.78 is 16.6. The smallest absolute Gasteiger partial charge is 0.339 e. The molecule has 4 rings (SSSR count). The maximum Gasteiger partial charge on any atom is 0.339 e. The first-order valence-corrected chi connectivity index (χ1v) is 13.2. The molecular weight excluding hydrogens is 611 g/mol. The standard InChI is InChI=1S/C30H27IN2O6/c1-18-4-6-19(7-5-18)14-27(30(36)38-3)33-28(34)26-16-24(23-15-21(31)10-13-25(23)32-26)29(35)39-17-20-8-11-22(37-2)12-9-20/h4-13,15-16,27H,14,17H2,1-3H3,(H,33,34)/t27-/m0/s1. The molecule has 0 aliphatic heterocycles. The molecule has 9 heteroatoms. The molecule has 39 heavy (non-hydrogen) atoms.